The first kappa shape index (κ1) is 21.9. The van der Waals surface area contributed by atoms with E-state index in [4.69, 9.17) is 4.74 Å². The van der Waals surface area contributed by atoms with Crippen LogP contribution in [0.25, 0.3) is 0 Å². The summed E-state index contributed by atoms with van der Waals surface area (Å²) in [6.45, 7) is 10.2. The first-order valence-electron chi connectivity index (χ1n) is 9.90. The fourth-order valence-electron chi connectivity index (χ4n) is 2.75. The van der Waals surface area contributed by atoms with Crippen LogP contribution in [0.3, 0.4) is 0 Å². The van der Waals surface area contributed by atoms with E-state index in [2.05, 4.69) is 33.8 Å². The third-order valence-corrected chi connectivity index (χ3v) is 4.33. The Morgan fingerprint density at radius 3 is 2.46 bits per heavy atom. The molecule has 0 saturated heterocycles. The monoisotopic (exact) mass is 383 g/mol. The SMILES string of the molecule is CCNC(=NCc1cccc(COC(C)C)c1)NCC(C)(O)c1ccccc1. The highest BCUT2D eigenvalue weighted by Crippen LogP contribution is 2.18. The Morgan fingerprint density at radius 1 is 1.07 bits per heavy atom. The van der Waals surface area contributed by atoms with Gasteiger partial charge in [-0.25, -0.2) is 4.99 Å². The first-order chi connectivity index (χ1) is 13.4. The maximum absolute atomic E-state index is 10.8. The van der Waals surface area contributed by atoms with Crippen molar-refractivity contribution in [2.75, 3.05) is 13.1 Å². The highest BCUT2D eigenvalue weighted by Gasteiger charge is 2.22. The van der Waals surface area contributed by atoms with E-state index in [1.807, 2.05) is 57.2 Å². The van der Waals surface area contributed by atoms with Crippen LogP contribution in [0.2, 0.25) is 0 Å². The van der Waals surface area contributed by atoms with Gasteiger partial charge in [0.05, 0.1) is 25.8 Å². The number of benzene rings is 2. The second kappa shape index (κ2) is 10.8. The van der Waals surface area contributed by atoms with Crippen molar-refractivity contribution in [3.8, 4) is 0 Å². The molecule has 0 amide bonds. The van der Waals surface area contributed by atoms with Gasteiger partial charge in [-0.05, 0) is 44.4 Å². The van der Waals surface area contributed by atoms with E-state index in [1.165, 1.54) is 0 Å². The highest BCUT2D eigenvalue weighted by molar-refractivity contribution is 5.79. The molecule has 1 unspecified atom stereocenters. The van der Waals surface area contributed by atoms with Crippen LogP contribution in [0.1, 0.15) is 44.4 Å². The molecule has 28 heavy (non-hydrogen) atoms. The molecule has 1 atom stereocenters. The van der Waals surface area contributed by atoms with Gasteiger partial charge in [0, 0.05) is 6.54 Å². The van der Waals surface area contributed by atoms with E-state index in [0.29, 0.717) is 25.7 Å². The smallest absolute Gasteiger partial charge is 0.191 e. The molecule has 152 valence electrons. The molecule has 2 aromatic rings. The van der Waals surface area contributed by atoms with Crippen molar-refractivity contribution in [2.45, 2.75) is 52.6 Å². The van der Waals surface area contributed by atoms with Gasteiger partial charge in [-0.15, -0.1) is 0 Å². The molecule has 5 nitrogen and oxygen atoms in total. The zero-order valence-electron chi connectivity index (χ0n) is 17.4. The summed E-state index contributed by atoms with van der Waals surface area (Å²) in [6.07, 6.45) is 0.212. The van der Waals surface area contributed by atoms with Gasteiger partial charge < -0.3 is 20.5 Å². The summed E-state index contributed by atoms with van der Waals surface area (Å²) in [7, 11) is 0. The van der Waals surface area contributed by atoms with Crippen molar-refractivity contribution in [3.63, 3.8) is 0 Å². The largest absolute Gasteiger partial charge is 0.384 e. The van der Waals surface area contributed by atoms with Gasteiger partial charge in [-0.3, -0.25) is 0 Å². The van der Waals surface area contributed by atoms with Crippen LogP contribution in [0.5, 0.6) is 0 Å². The van der Waals surface area contributed by atoms with Crippen molar-refractivity contribution in [1.29, 1.82) is 0 Å². The molecule has 2 rings (SSSR count). The summed E-state index contributed by atoms with van der Waals surface area (Å²) in [5.74, 6) is 0.683. The molecule has 0 saturated carbocycles. The maximum Gasteiger partial charge on any atom is 0.191 e. The second-order valence-electron chi connectivity index (χ2n) is 7.37. The lowest BCUT2D eigenvalue weighted by atomic mass is 9.96. The van der Waals surface area contributed by atoms with Crippen molar-refractivity contribution < 1.29 is 9.84 Å². The molecule has 0 bridgehead atoms. The number of hydrogen-bond acceptors (Lipinski definition) is 3. The molecule has 2 aromatic carbocycles. The minimum absolute atomic E-state index is 0.212. The normalized spacial score (nSPS) is 14.0. The number of guanidine groups is 1. The summed E-state index contributed by atoms with van der Waals surface area (Å²) in [5.41, 5.74) is 2.16. The molecule has 0 aliphatic heterocycles. The number of rotatable bonds is 9. The Kier molecular flexibility index (Phi) is 8.48. The summed E-state index contributed by atoms with van der Waals surface area (Å²) >= 11 is 0. The number of hydrogen-bond donors (Lipinski definition) is 3. The molecule has 0 aromatic heterocycles. The van der Waals surface area contributed by atoms with Crippen LogP contribution in [0.15, 0.2) is 59.6 Å². The minimum Gasteiger partial charge on any atom is -0.384 e. The summed E-state index contributed by atoms with van der Waals surface area (Å²) < 4.78 is 5.68. The lowest BCUT2D eigenvalue weighted by Crippen LogP contribution is -2.44. The Morgan fingerprint density at radius 2 is 1.79 bits per heavy atom. The molecule has 5 heteroatoms. The van der Waals surface area contributed by atoms with E-state index in [9.17, 15) is 5.11 Å². The molecule has 0 aliphatic rings. The van der Waals surface area contributed by atoms with Gasteiger partial charge in [-0.1, -0.05) is 54.6 Å². The maximum atomic E-state index is 10.8. The molecular formula is C23H33N3O2. The molecule has 0 heterocycles. The molecule has 0 radical (unpaired) electrons. The molecule has 3 N–H and O–H groups in total. The van der Waals surface area contributed by atoms with Crippen molar-refractivity contribution in [1.82, 2.24) is 10.6 Å². The quantitative estimate of drug-likeness (QED) is 0.457. The van der Waals surface area contributed by atoms with Gasteiger partial charge >= 0.3 is 0 Å². The van der Waals surface area contributed by atoms with Crippen molar-refractivity contribution in [2.24, 2.45) is 4.99 Å². The van der Waals surface area contributed by atoms with Crippen molar-refractivity contribution in [3.05, 3.63) is 71.3 Å². The number of nitrogens with one attached hydrogen (secondary N) is 2. The number of aliphatic hydroxyl groups is 1. The van der Waals surface area contributed by atoms with E-state index in [1.54, 1.807) is 6.92 Å². The van der Waals surface area contributed by atoms with Gasteiger partial charge in [0.15, 0.2) is 5.96 Å². The average Bonchev–Trinajstić information content (AvgIpc) is 2.69. The molecule has 0 aliphatic carbocycles. The zero-order chi connectivity index (χ0) is 20.4. The fraction of sp³-hybridized carbons (Fsp3) is 0.435. The third-order valence-electron chi connectivity index (χ3n) is 4.33. The lowest BCUT2D eigenvalue weighted by Gasteiger charge is -2.25. The predicted octanol–water partition coefficient (Wildman–Crippen LogP) is 3.57. The van der Waals surface area contributed by atoms with Gasteiger partial charge in [-0.2, -0.15) is 0 Å². The van der Waals surface area contributed by atoms with Crippen LogP contribution in [0, 0.1) is 0 Å². The predicted molar refractivity (Wildman–Crippen MR) is 115 cm³/mol. The Labute approximate surface area is 168 Å². The third kappa shape index (κ3) is 7.33. The summed E-state index contributed by atoms with van der Waals surface area (Å²) in [5, 5.41) is 17.3. The lowest BCUT2D eigenvalue weighted by molar-refractivity contribution is 0.0617. The summed E-state index contributed by atoms with van der Waals surface area (Å²) in [6, 6.07) is 17.9. The topological polar surface area (TPSA) is 65.9 Å². The van der Waals surface area contributed by atoms with Crippen LogP contribution < -0.4 is 10.6 Å². The van der Waals surface area contributed by atoms with E-state index < -0.39 is 5.60 Å². The van der Waals surface area contributed by atoms with Gasteiger partial charge in [0.1, 0.15) is 5.60 Å². The van der Waals surface area contributed by atoms with Gasteiger partial charge in [0.25, 0.3) is 0 Å². The molecule has 0 spiro atoms. The zero-order valence-corrected chi connectivity index (χ0v) is 17.4. The number of ether oxygens (including phenoxy) is 1. The van der Waals surface area contributed by atoms with Crippen LogP contribution in [-0.2, 0) is 23.5 Å². The highest BCUT2D eigenvalue weighted by atomic mass is 16.5. The Bertz CT molecular complexity index is 743. The van der Waals surface area contributed by atoms with E-state index in [0.717, 1.165) is 23.2 Å². The van der Waals surface area contributed by atoms with E-state index >= 15 is 0 Å². The van der Waals surface area contributed by atoms with Crippen molar-refractivity contribution >= 4 is 5.96 Å². The van der Waals surface area contributed by atoms with Crippen LogP contribution >= 0.6 is 0 Å². The molecule has 0 fully saturated rings. The average molecular weight is 384 g/mol. The second-order valence-corrected chi connectivity index (χ2v) is 7.37. The van der Waals surface area contributed by atoms with Gasteiger partial charge in [0.2, 0.25) is 0 Å². The minimum atomic E-state index is -0.981. The number of nitrogens with zero attached hydrogens (tertiary/aromatic N) is 1. The van der Waals surface area contributed by atoms with Crippen LogP contribution in [-0.4, -0.2) is 30.3 Å². The molecular weight excluding hydrogens is 350 g/mol. The Balaban J connectivity index is 1.99. The Hall–Kier alpha value is -2.37. The first-order valence-corrected chi connectivity index (χ1v) is 9.90. The van der Waals surface area contributed by atoms with E-state index in [-0.39, 0.29) is 6.10 Å². The number of aliphatic imine (C=N–C) groups is 1. The van der Waals surface area contributed by atoms with Crippen LogP contribution in [0.4, 0.5) is 0 Å². The summed E-state index contributed by atoms with van der Waals surface area (Å²) in [4.78, 5) is 4.66. The fourth-order valence-corrected chi connectivity index (χ4v) is 2.75. The standard InChI is InChI=1S/C23H33N3O2/c1-5-24-22(26-17-23(4,27)21-12-7-6-8-13-21)25-15-19-10-9-11-20(14-19)16-28-18(2)3/h6-14,18,27H,5,15-17H2,1-4H3,(H2,24,25,26).